The average molecular weight is 369 g/mol. The van der Waals surface area contributed by atoms with Crippen molar-refractivity contribution >= 4 is 17.9 Å². The first-order chi connectivity index (χ1) is 11.6. The van der Waals surface area contributed by atoms with Crippen LogP contribution in [0.15, 0.2) is 12.2 Å². The van der Waals surface area contributed by atoms with Crippen LogP contribution in [-0.4, -0.2) is 57.3 Å². The monoisotopic (exact) mass is 369 g/mol. The predicted molar refractivity (Wildman–Crippen MR) is 96.9 cm³/mol. The average Bonchev–Trinajstić information content (AvgIpc) is 3.03. The van der Waals surface area contributed by atoms with Crippen LogP contribution in [0.3, 0.4) is 0 Å². The first-order valence-corrected chi connectivity index (χ1v) is 8.71. The van der Waals surface area contributed by atoms with Gasteiger partial charge in [-0.1, -0.05) is 26.0 Å². The van der Waals surface area contributed by atoms with E-state index in [0.717, 1.165) is 0 Å². The van der Waals surface area contributed by atoms with Gasteiger partial charge in [-0.05, 0) is 39.7 Å². The van der Waals surface area contributed by atoms with Gasteiger partial charge in [-0.2, -0.15) is 0 Å². The lowest BCUT2D eigenvalue weighted by Gasteiger charge is -2.31. The van der Waals surface area contributed by atoms with Crippen LogP contribution in [0, 0.1) is 22.7 Å². The molecule has 0 bridgehead atoms. The summed E-state index contributed by atoms with van der Waals surface area (Å²) in [5.41, 5.74) is -1.81. The molecule has 3 N–H and O–H groups in total. The lowest BCUT2D eigenvalue weighted by molar-refractivity contribution is -0.150. The van der Waals surface area contributed by atoms with Gasteiger partial charge in [0.25, 0.3) is 0 Å². The van der Waals surface area contributed by atoms with Crippen molar-refractivity contribution < 1.29 is 29.7 Å². The van der Waals surface area contributed by atoms with E-state index in [2.05, 4.69) is 0 Å². The van der Waals surface area contributed by atoms with Crippen LogP contribution >= 0.6 is 0 Å². The second-order valence-corrected chi connectivity index (χ2v) is 9.00. The molecule has 1 aliphatic heterocycles. The Hall–Kier alpha value is -1.89. The highest BCUT2D eigenvalue weighted by molar-refractivity contribution is 5.78. The van der Waals surface area contributed by atoms with E-state index >= 15 is 0 Å². The van der Waals surface area contributed by atoms with E-state index in [9.17, 15) is 24.6 Å². The number of carboxylic acid groups (broad SMARTS) is 3. The van der Waals surface area contributed by atoms with Gasteiger partial charge in [0.2, 0.25) is 0 Å². The summed E-state index contributed by atoms with van der Waals surface area (Å²) in [6, 6.07) is 0. The van der Waals surface area contributed by atoms with Crippen molar-refractivity contribution in [1.82, 2.24) is 4.90 Å². The molecule has 7 heteroatoms. The molecule has 148 valence electrons. The van der Waals surface area contributed by atoms with Crippen molar-refractivity contribution in [1.29, 1.82) is 0 Å². The lowest BCUT2D eigenvalue weighted by Crippen LogP contribution is -2.36. The Morgan fingerprint density at radius 2 is 1.65 bits per heavy atom. The molecular formula is C19H31NO6. The van der Waals surface area contributed by atoms with E-state index in [-0.39, 0.29) is 0 Å². The normalized spacial score (nSPS) is 25.7. The second-order valence-electron chi connectivity index (χ2n) is 9.00. The SMILES string of the molecule is CN1CC1(C)C(/C=C/C(C)(C)CC(C)(C)C(=O)O)C(CC(=O)O)C(=O)O. The maximum Gasteiger partial charge on any atom is 0.309 e. The van der Waals surface area contributed by atoms with Crippen LogP contribution in [0.4, 0.5) is 0 Å². The largest absolute Gasteiger partial charge is 0.481 e. The highest BCUT2D eigenvalue weighted by Gasteiger charge is 2.54. The van der Waals surface area contributed by atoms with Crippen molar-refractivity contribution in [2.24, 2.45) is 22.7 Å². The van der Waals surface area contributed by atoms with Crippen LogP contribution in [0.1, 0.15) is 47.5 Å². The highest BCUT2D eigenvalue weighted by Crippen LogP contribution is 2.44. The fourth-order valence-corrected chi connectivity index (χ4v) is 3.77. The Bertz CT molecular complexity index is 609. The molecule has 1 rings (SSSR count). The zero-order valence-electron chi connectivity index (χ0n) is 16.4. The van der Waals surface area contributed by atoms with Gasteiger partial charge in [0.15, 0.2) is 0 Å². The number of hydrogen-bond donors (Lipinski definition) is 3. The first-order valence-electron chi connectivity index (χ1n) is 8.71. The summed E-state index contributed by atoms with van der Waals surface area (Å²) in [6.45, 7) is 9.72. The molecule has 0 aliphatic carbocycles. The van der Waals surface area contributed by atoms with E-state index in [4.69, 9.17) is 5.11 Å². The molecule has 1 aliphatic rings. The van der Waals surface area contributed by atoms with Crippen molar-refractivity contribution in [3.05, 3.63) is 12.2 Å². The fraction of sp³-hybridized carbons (Fsp3) is 0.737. The Morgan fingerprint density at radius 1 is 1.15 bits per heavy atom. The molecule has 4 atom stereocenters. The highest BCUT2D eigenvalue weighted by atomic mass is 16.4. The minimum Gasteiger partial charge on any atom is -0.481 e. The van der Waals surface area contributed by atoms with Gasteiger partial charge in [0.1, 0.15) is 0 Å². The van der Waals surface area contributed by atoms with Gasteiger partial charge < -0.3 is 15.3 Å². The summed E-state index contributed by atoms with van der Waals surface area (Å²) < 4.78 is 0. The summed E-state index contributed by atoms with van der Waals surface area (Å²) in [4.78, 5) is 36.2. The Morgan fingerprint density at radius 3 is 2.00 bits per heavy atom. The number of aliphatic carboxylic acids is 3. The van der Waals surface area contributed by atoms with Gasteiger partial charge in [-0.25, -0.2) is 0 Å². The van der Waals surface area contributed by atoms with Crippen LogP contribution in [0.5, 0.6) is 0 Å². The lowest BCUT2D eigenvalue weighted by atomic mass is 9.73. The Kier molecular flexibility index (Phi) is 6.29. The molecule has 0 aromatic carbocycles. The molecule has 26 heavy (non-hydrogen) atoms. The number of nitrogens with zero attached hydrogens (tertiary/aromatic N) is 1. The minimum atomic E-state index is -1.14. The molecular weight excluding hydrogens is 338 g/mol. The van der Waals surface area contributed by atoms with Crippen LogP contribution < -0.4 is 0 Å². The van der Waals surface area contributed by atoms with Gasteiger partial charge in [-0.3, -0.25) is 19.3 Å². The predicted octanol–water partition coefficient (Wildman–Crippen LogP) is 2.57. The second kappa shape index (κ2) is 7.39. The number of carbonyl (C=O) groups is 3. The van der Waals surface area contributed by atoms with E-state index in [1.807, 2.05) is 38.8 Å². The summed E-state index contributed by atoms with van der Waals surface area (Å²) in [6.07, 6.45) is 3.55. The molecule has 0 aromatic rings. The van der Waals surface area contributed by atoms with Crippen LogP contribution in [0.2, 0.25) is 0 Å². The molecule has 1 fully saturated rings. The molecule has 4 unspecified atom stereocenters. The fourth-order valence-electron chi connectivity index (χ4n) is 3.77. The Labute approximate surface area is 154 Å². The minimum absolute atomic E-state index is 0.377. The molecule has 1 saturated heterocycles. The third kappa shape index (κ3) is 5.30. The van der Waals surface area contributed by atoms with Crippen molar-refractivity contribution in [3.8, 4) is 0 Å². The van der Waals surface area contributed by atoms with Gasteiger partial charge in [-0.15, -0.1) is 0 Å². The van der Waals surface area contributed by atoms with Crippen LogP contribution in [-0.2, 0) is 14.4 Å². The Balaban J connectivity index is 3.13. The summed E-state index contributed by atoms with van der Waals surface area (Å²) in [5.74, 6) is -4.68. The number of hydrogen-bond acceptors (Lipinski definition) is 4. The smallest absolute Gasteiger partial charge is 0.309 e. The third-order valence-electron chi connectivity index (χ3n) is 5.42. The molecule has 7 nitrogen and oxygen atoms in total. The zero-order chi connectivity index (χ0) is 20.5. The van der Waals surface area contributed by atoms with E-state index in [1.165, 1.54) is 0 Å². The van der Waals surface area contributed by atoms with Crippen molar-refractivity contribution in [2.45, 2.75) is 53.0 Å². The molecule has 0 spiro atoms. The number of allylic oxidation sites excluding steroid dienone is 1. The maximum absolute atomic E-state index is 11.7. The van der Waals surface area contributed by atoms with Gasteiger partial charge in [0, 0.05) is 18.0 Å². The molecule has 0 radical (unpaired) electrons. The summed E-state index contributed by atoms with van der Waals surface area (Å²) >= 11 is 0. The molecule has 0 saturated carbocycles. The molecule has 1 heterocycles. The zero-order valence-corrected chi connectivity index (χ0v) is 16.4. The maximum atomic E-state index is 11.7. The summed E-state index contributed by atoms with van der Waals surface area (Å²) in [7, 11) is 1.87. The van der Waals surface area contributed by atoms with Crippen molar-refractivity contribution in [2.75, 3.05) is 13.6 Å². The van der Waals surface area contributed by atoms with E-state index in [0.29, 0.717) is 13.0 Å². The van der Waals surface area contributed by atoms with Crippen LogP contribution in [0.25, 0.3) is 0 Å². The van der Waals surface area contributed by atoms with Gasteiger partial charge >= 0.3 is 17.9 Å². The standard InChI is InChI=1S/C19H31NO6/c1-17(2,10-18(3,4)16(25)26)8-7-13(19(5)11-20(19)6)12(15(23)24)9-14(21)22/h7-8,12-13H,9-11H2,1-6H3,(H,21,22)(H,23,24)(H,25,26)/b8-7+. The first kappa shape index (κ1) is 22.2. The molecule has 0 amide bonds. The molecule has 0 aromatic heterocycles. The number of likely N-dealkylation sites (N-methyl/N-ethyl adjacent to an activating group) is 1. The summed E-state index contributed by atoms with van der Waals surface area (Å²) in [5, 5.41) is 28.0. The number of rotatable bonds is 10. The third-order valence-corrected chi connectivity index (χ3v) is 5.42. The number of carboxylic acids is 3. The quantitative estimate of drug-likeness (QED) is 0.400. The van der Waals surface area contributed by atoms with Gasteiger partial charge in [0.05, 0.1) is 17.8 Å². The topological polar surface area (TPSA) is 115 Å². The van der Waals surface area contributed by atoms with Crippen molar-refractivity contribution in [3.63, 3.8) is 0 Å². The van der Waals surface area contributed by atoms with E-state index in [1.54, 1.807) is 19.9 Å². The van der Waals surface area contributed by atoms with E-state index < -0.39 is 52.5 Å².